The highest BCUT2D eigenvalue weighted by Crippen LogP contribution is 2.31. The van der Waals surface area contributed by atoms with Gasteiger partial charge in [-0.1, -0.05) is 24.3 Å². The molecule has 0 spiro atoms. The summed E-state index contributed by atoms with van der Waals surface area (Å²) in [4.78, 5) is 45.8. The predicted octanol–water partition coefficient (Wildman–Crippen LogP) is 4.04. The van der Waals surface area contributed by atoms with Gasteiger partial charge in [-0.2, -0.15) is 5.10 Å². The molecule has 13 heteroatoms. The van der Waals surface area contributed by atoms with Crippen molar-refractivity contribution in [2.45, 2.75) is 25.3 Å². The molecule has 0 aromatic heterocycles. The molecule has 1 aliphatic rings. The van der Waals surface area contributed by atoms with Crippen molar-refractivity contribution in [2.75, 3.05) is 18.3 Å². The lowest BCUT2D eigenvalue weighted by atomic mass is 10.1. The first kappa shape index (κ1) is 26.3. The van der Waals surface area contributed by atoms with Gasteiger partial charge in [0.1, 0.15) is 0 Å². The molecule has 0 bridgehead atoms. The van der Waals surface area contributed by atoms with E-state index in [9.17, 15) is 29.8 Å². The van der Waals surface area contributed by atoms with Gasteiger partial charge in [0.15, 0.2) is 0 Å². The summed E-state index contributed by atoms with van der Waals surface area (Å²) >= 11 is 1.45. The third-order valence-corrected chi connectivity index (χ3v) is 6.29. The van der Waals surface area contributed by atoms with Crippen molar-refractivity contribution in [3.05, 3.63) is 85.3 Å². The minimum absolute atomic E-state index is 0.0541. The van der Waals surface area contributed by atoms with Crippen molar-refractivity contribution in [2.24, 2.45) is 5.10 Å². The molecule has 1 atom stereocenters. The van der Waals surface area contributed by atoms with Gasteiger partial charge in [0.05, 0.1) is 40.5 Å². The number of nitrogens with one attached hydrogen (secondary N) is 2. The third kappa shape index (κ3) is 7.12. The number of benzene rings is 2. The summed E-state index contributed by atoms with van der Waals surface area (Å²) in [6.45, 7) is 0. The van der Waals surface area contributed by atoms with E-state index in [-0.39, 0.29) is 24.0 Å². The van der Waals surface area contributed by atoms with Gasteiger partial charge in [-0.25, -0.2) is 0 Å². The second kappa shape index (κ2) is 12.4. The number of allylic oxidation sites excluding steroid dienone is 1. The molecule has 0 aliphatic carbocycles. The maximum absolute atomic E-state index is 12.7. The monoisotopic (exact) mass is 513 g/mol. The number of esters is 1. The van der Waals surface area contributed by atoms with E-state index in [4.69, 9.17) is 0 Å². The second-order valence-corrected chi connectivity index (χ2v) is 8.66. The Kier molecular flexibility index (Phi) is 9.11. The number of nitro groups is 2. The number of hydrazone groups is 1. The van der Waals surface area contributed by atoms with Crippen molar-refractivity contribution in [3.8, 4) is 0 Å². The van der Waals surface area contributed by atoms with E-state index in [2.05, 4.69) is 20.6 Å². The smallest absolute Gasteiger partial charge is 0.305 e. The fourth-order valence-electron chi connectivity index (χ4n) is 3.31. The van der Waals surface area contributed by atoms with E-state index in [0.717, 1.165) is 23.1 Å². The molecule has 1 saturated heterocycles. The van der Waals surface area contributed by atoms with Crippen LogP contribution in [0.1, 0.15) is 29.6 Å². The largest absolute Gasteiger partial charge is 0.469 e. The quantitative estimate of drug-likeness (QED) is 0.206. The van der Waals surface area contributed by atoms with E-state index in [1.165, 1.54) is 18.9 Å². The lowest BCUT2D eigenvalue weighted by Crippen LogP contribution is -2.40. The van der Waals surface area contributed by atoms with Gasteiger partial charge in [0.25, 0.3) is 17.3 Å². The highest BCUT2D eigenvalue weighted by Gasteiger charge is 2.30. The van der Waals surface area contributed by atoms with Crippen LogP contribution in [-0.4, -0.2) is 46.3 Å². The zero-order chi connectivity index (χ0) is 26.1. The minimum Gasteiger partial charge on any atom is -0.469 e. The molecule has 0 radical (unpaired) electrons. The van der Waals surface area contributed by atoms with Gasteiger partial charge in [-0.05, 0) is 25.0 Å². The minimum atomic E-state index is -0.730. The Labute approximate surface area is 210 Å². The number of nitrogens with zero attached hydrogens (tertiary/aromatic N) is 3. The molecule has 1 fully saturated rings. The summed E-state index contributed by atoms with van der Waals surface area (Å²) < 4.78 is 4.64. The Bertz CT molecular complexity index is 1180. The zero-order valence-electron chi connectivity index (χ0n) is 19.2. The van der Waals surface area contributed by atoms with Gasteiger partial charge in [-0.15, -0.1) is 11.8 Å². The zero-order valence-corrected chi connectivity index (χ0v) is 20.0. The average molecular weight is 514 g/mol. The average Bonchev–Trinajstić information content (AvgIpc) is 3.26. The Hall–Kier alpha value is -4.26. The van der Waals surface area contributed by atoms with Gasteiger partial charge >= 0.3 is 5.97 Å². The number of hydrogen-bond acceptors (Lipinski definition) is 10. The highest BCUT2D eigenvalue weighted by atomic mass is 32.2. The van der Waals surface area contributed by atoms with Crippen LogP contribution in [0.2, 0.25) is 0 Å². The van der Waals surface area contributed by atoms with E-state index in [1.54, 1.807) is 30.3 Å². The predicted molar refractivity (Wildman–Crippen MR) is 135 cm³/mol. The number of amides is 1. The molecule has 2 N–H and O–H groups in total. The molecular formula is C23H23N5O7S. The van der Waals surface area contributed by atoms with Crippen LogP contribution in [0, 0.1) is 20.2 Å². The van der Waals surface area contributed by atoms with Crippen LogP contribution in [0.5, 0.6) is 0 Å². The fraction of sp³-hybridized carbons (Fsp3) is 0.261. The maximum atomic E-state index is 12.7. The summed E-state index contributed by atoms with van der Waals surface area (Å²) in [5.74, 6) is -0.132. The fourth-order valence-corrected chi connectivity index (χ4v) is 4.47. The number of nitro benzene ring substituents is 2. The molecule has 188 valence electrons. The van der Waals surface area contributed by atoms with Crippen LogP contribution in [-0.2, 0) is 9.53 Å². The molecule has 1 amide bonds. The van der Waals surface area contributed by atoms with Gasteiger partial charge < -0.3 is 10.1 Å². The van der Waals surface area contributed by atoms with Crippen LogP contribution in [0.3, 0.4) is 0 Å². The van der Waals surface area contributed by atoms with Crippen molar-refractivity contribution >= 4 is 46.4 Å². The first-order valence-corrected chi connectivity index (χ1v) is 11.8. The molecular weight excluding hydrogens is 490 g/mol. The summed E-state index contributed by atoms with van der Waals surface area (Å²) in [6.07, 6.45) is 3.24. The third-order valence-electron chi connectivity index (χ3n) is 5.10. The second-order valence-electron chi connectivity index (χ2n) is 7.60. The highest BCUT2D eigenvalue weighted by molar-refractivity contribution is 8.04. The number of methoxy groups -OCH3 is 1. The Morgan fingerprint density at radius 3 is 2.42 bits per heavy atom. The van der Waals surface area contributed by atoms with Crippen LogP contribution < -0.4 is 10.7 Å². The van der Waals surface area contributed by atoms with Gasteiger partial charge in [0.2, 0.25) is 0 Å². The number of unbranched alkanes of at least 4 members (excludes halogenated alkanes) is 1. The summed E-state index contributed by atoms with van der Waals surface area (Å²) in [6, 6.07) is 11.3. The number of carbonyl (C=O) groups excluding carboxylic acids is 2. The van der Waals surface area contributed by atoms with E-state index in [0.29, 0.717) is 29.9 Å². The van der Waals surface area contributed by atoms with E-state index >= 15 is 0 Å². The number of non-ortho nitro benzene ring substituents is 2. The molecule has 2 aromatic carbocycles. The van der Waals surface area contributed by atoms with Crippen molar-refractivity contribution in [3.63, 3.8) is 0 Å². The van der Waals surface area contributed by atoms with Gasteiger partial charge in [0, 0.05) is 34.8 Å². The topological polar surface area (TPSA) is 166 Å². The molecule has 0 unspecified atom stereocenters. The lowest BCUT2D eigenvalue weighted by molar-refractivity contribution is -0.394. The summed E-state index contributed by atoms with van der Waals surface area (Å²) in [7, 11) is 1.32. The standard InChI is InChI=1S/C23H23N5O7S/c1-35-21(29)10-6-5-9-20-22(19(14-36-20)24-23(30)15-7-3-2-4-8-15)26-25-16-11-17(27(31)32)13-18(12-16)28(33)34/h2-4,7-9,11-13,19,25H,5-6,10,14H2,1H3,(H,24,30)/t19-/m1/s1. The first-order chi connectivity index (χ1) is 17.3. The Morgan fingerprint density at radius 1 is 1.14 bits per heavy atom. The molecule has 1 heterocycles. The molecule has 1 aliphatic heterocycles. The van der Waals surface area contributed by atoms with E-state index in [1.807, 2.05) is 6.08 Å². The van der Waals surface area contributed by atoms with Crippen molar-refractivity contribution in [1.82, 2.24) is 5.32 Å². The van der Waals surface area contributed by atoms with E-state index < -0.39 is 27.3 Å². The molecule has 12 nitrogen and oxygen atoms in total. The van der Waals surface area contributed by atoms with Crippen LogP contribution in [0.15, 0.2) is 64.6 Å². The Morgan fingerprint density at radius 2 is 1.81 bits per heavy atom. The molecule has 2 aromatic rings. The number of hydrogen-bond donors (Lipinski definition) is 2. The molecule has 3 rings (SSSR count). The maximum Gasteiger partial charge on any atom is 0.305 e. The van der Waals surface area contributed by atoms with Crippen LogP contribution in [0.4, 0.5) is 17.1 Å². The SMILES string of the molecule is COC(=O)CCCC=C1SC[C@@H](NC(=O)c2ccccc2)C1=NNc1cc([N+](=O)[O-])cc([N+](=O)[O-])c1. The number of anilines is 1. The molecule has 0 saturated carbocycles. The number of rotatable bonds is 10. The lowest BCUT2D eigenvalue weighted by Gasteiger charge is -2.14. The molecule has 36 heavy (non-hydrogen) atoms. The number of thioether (sulfide) groups is 1. The summed E-state index contributed by atoms with van der Waals surface area (Å²) in [5, 5.41) is 29.7. The Balaban J connectivity index is 1.85. The van der Waals surface area contributed by atoms with Crippen molar-refractivity contribution < 1.29 is 24.2 Å². The van der Waals surface area contributed by atoms with Gasteiger partial charge in [-0.3, -0.25) is 35.2 Å². The van der Waals surface area contributed by atoms with Crippen LogP contribution in [0.25, 0.3) is 0 Å². The number of ether oxygens (including phenoxy) is 1. The van der Waals surface area contributed by atoms with Crippen LogP contribution >= 0.6 is 11.8 Å². The first-order valence-electron chi connectivity index (χ1n) is 10.8. The summed E-state index contributed by atoms with van der Waals surface area (Å²) in [5.41, 5.74) is 2.75. The van der Waals surface area contributed by atoms with Crippen molar-refractivity contribution in [1.29, 1.82) is 0 Å². The number of carbonyl (C=O) groups is 2. The normalized spacial score (nSPS) is 17.1.